The number of aromatic nitrogens is 4. The highest BCUT2D eigenvalue weighted by Gasteiger charge is 2.19. The monoisotopic (exact) mass is 367 g/mol. The molecule has 0 aliphatic heterocycles. The number of aryl methyl sites for hydroxylation is 1. The number of nitrogens with zero attached hydrogens (tertiary/aromatic N) is 3. The molecular weight excluding hydrogens is 350 g/mol. The summed E-state index contributed by atoms with van der Waals surface area (Å²) in [6.07, 6.45) is 3.51. The van der Waals surface area contributed by atoms with Gasteiger partial charge in [-0.1, -0.05) is 30.3 Å². The highest BCUT2D eigenvalue weighted by molar-refractivity contribution is 7.89. The van der Waals surface area contributed by atoms with E-state index in [1.54, 1.807) is 18.5 Å². The quantitative estimate of drug-likeness (QED) is 0.580. The minimum Gasteiger partial charge on any atom is -0.340 e. The second-order valence-corrected chi connectivity index (χ2v) is 7.84. The third-order valence-electron chi connectivity index (χ3n) is 4.17. The van der Waals surface area contributed by atoms with E-state index in [1.165, 1.54) is 7.05 Å². The van der Waals surface area contributed by atoms with Crippen LogP contribution in [0.4, 0.5) is 0 Å². The molecule has 7 nitrogen and oxygen atoms in total. The number of fused-ring (bicyclic) bond motifs is 1. The maximum atomic E-state index is 12.3. The van der Waals surface area contributed by atoms with Gasteiger partial charge in [-0.3, -0.25) is 0 Å². The first-order valence-corrected chi connectivity index (χ1v) is 9.47. The van der Waals surface area contributed by atoms with Crippen LogP contribution in [0.25, 0.3) is 33.7 Å². The van der Waals surface area contributed by atoms with Crippen LogP contribution in [0.1, 0.15) is 0 Å². The van der Waals surface area contributed by atoms with E-state index in [-0.39, 0.29) is 4.90 Å². The number of nitrogens with one attached hydrogen (secondary N) is 2. The number of hydrogen-bond acceptors (Lipinski definition) is 4. The first kappa shape index (κ1) is 16.5. The molecule has 0 amide bonds. The fourth-order valence-corrected chi connectivity index (χ4v) is 3.63. The number of H-pyrrole nitrogens is 1. The standard InChI is InChI=1S/C18H17N5O2S/c1-19-26(24,25)13-8-14(16-10-23(2)11-20-16)17-15(9-13)21-18(22-17)12-6-4-3-5-7-12/h3-11,19H,1-2H3,(H,21,22). The zero-order chi connectivity index (χ0) is 18.3. The SMILES string of the molecule is CNS(=O)(=O)c1cc(-c2cn(C)cn2)c2nc(-c3ccccc3)[nH]c2c1. The number of aromatic amines is 1. The molecule has 0 radical (unpaired) electrons. The molecule has 132 valence electrons. The van der Waals surface area contributed by atoms with E-state index in [0.717, 1.165) is 5.56 Å². The predicted molar refractivity (Wildman–Crippen MR) is 100.0 cm³/mol. The van der Waals surface area contributed by atoms with E-state index >= 15 is 0 Å². The Hall–Kier alpha value is -2.97. The molecule has 0 aliphatic rings. The van der Waals surface area contributed by atoms with Gasteiger partial charge in [0.25, 0.3) is 0 Å². The molecule has 0 saturated heterocycles. The summed E-state index contributed by atoms with van der Waals surface area (Å²) in [5, 5.41) is 0. The van der Waals surface area contributed by atoms with Gasteiger partial charge in [0, 0.05) is 24.4 Å². The molecule has 2 N–H and O–H groups in total. The molecule has 2 aromatic heterocycles. The Bertz CT molecular complexity index is 1190. The Labute approximate surface area is 150 Å². The van der Waals surface area contributed by atoms with Crippen LogP contribution < -0.4 is 4.72 Å². The predicted octanol–water partition coefficient (Wildman–Crippen LogP) is 2.54. The Morgan fingerprint density at radius 3 is 2.58 bits per heavy atom. The van der Waals surface area contributed by atoms with Crippen LogP contribution in [0.5, 0.6) is 0 Å². The summed E-state index contributed by atoms with van der Waals surface area (Å²) >= 11 is 0. The van der Waals surface area contributed by atoms with Crippen molar-refractivity contribution < 1.29 is 8.42 Å². The van der Waals surface area contributed by atoms with Crippen LogP contribution in [0.2, 0.25) is 0 Å². The largest absolute Gasteiger partial charge is 0.340 e. The first-order chi connectivity index (χ1) is 12.5. The smallest absolute Gasteiger partial charge is 0.240 e. The van der Waals surface area contributed by atoms with Crippen molar-refractivity contribution in [2.45, 2.75) is 4.90 Å². The lowest BCUT2D eigenvalue weighted by Crippen LogP contribution is -2.18. The second kappa shape index (κ2) is 6.08. The van der Waals surface area contributed by atoms with E-state index in [2.05, 4.69) is 14.7 Å². The average Bonchev–Trinajstić information content (AvgIpc) is 3.27. The van der Waals surface area contributed by atoms with Crippen molar-refractivity contribution in [2.24, 2.45) is 7.05 Å². The number of benzene rings is 2. The fourth-order valence-electron chi connectivity index (χ4n) is 2.84. The Morgan fingerprint density at radius 1 is 1.15 bits per heavy atom. The number of rotatable bonds is 4. The van der Waals surface area contributed by atoms with Crippen molar-refractivity contribution in [1.29, 1.82) is 0 Å². The van der Waals surface area contributed by atoms with Crippen molar-refractivity contribution in [3.05, 3.63) is 55.0 Å². The van der Waals surface area contributed by atoms with Gasteiger partial charge in [-0.15, -0.1) is 0 Å². The number of imidazole rings is 2. The van der Waals surface area contributed by atoms with Gasteiger partial charge in [0.15, 0.2) is 0 Å². The normalized spacial score (nSPS) is 11.9. The van der Waals surface area contributed by atoms with Gasteiger partial charge >= 0.3 is 0 Å². The topological polar surface area (TPSA) is 92.7 Å². The van der Waals surface area contributed by atoms with E-state index in [0.29, 0.717) is 28.1 Å². The minimum absolute atomic E-state index is 0.163. The zero-order valence-corrected chi connectivity index (χ0v) is 15.1. The fraction of sp³-hybridized carbons (Fsp3) is 0.111. The minimum atomic E-state index is -3.60. The molecule has 2 aromatic carbocycles. The third kappa shape index (κ3) is 2.79. The van der Waals surface area contributed by atoms with Gasteiger partial charge in [-0.2, -0.15) is 0 Å². The molecule has 0 aliphatic carbocycles. The maximum absolute atomic E-state index is 12.3. The summed E-state index contributed by atoms with van der Waals surface area (Å²) in [5.41, 5.74) is 3.57. The molecule has 4 aromatic rings. The third-order valence-corrected chi connectivity index (χ3v) is 5.56. The van der Waals surface area contributed by atoms with Gasteiger partial charge < -0.3 is 9.55 Å². The summed E-state index contributed by atoms with van der Waals surface area (Å²) < 4.78 is 28.8. The maximum Gasteiger partial charge on any atom is 0.240 e. The van der Waals surface area contributed by atoms with Crippen molar-refractivity contribution in [3.8, 4) is 22.6 Å². The Morgan fingerprint density at radius 2 is 1.92 bits per heavy atom. The van der Waals surface area contributed by atoms with E-state index < -0.39 is 10.0 Å². The van der Waals surface area contributed by atoms with Crippen LogP contribution in [0.15, 0.2) is 59.9 Å². The summed E-state index contributed by atoms with van der Waals surface area (Å²) in [6.45, 7) is 0. The highest BCUT2D eigenvalue weighted by atomic mass is 32.2. The summed E-state index contributed by atoms with van der Waals surface area (Å²) in [4.78, 5) is 12.4. The molecule has 0 atom stereocenters. The lowest BCUT2D eigenvalue weighted by molar-refractivity contribution is 0.588. The molecule has 0 unspecified atom stereocenters. The lowest BCUT2D eigenvalue weighted by Gasteiger charge is -2.05. The van der Waals surface area contributed by atoms with Crippen LogP contribution in [0, 0.1) is 0 Å². The van der Waals surface area contributed by atoms with Gasteiger partial charge in [-0.25, -0.2) is 23.1 Å². The Balaban J connectivity index is 2.01. The molecule has 0 fully saturated rings. The van der Waals surface area contributed by atoms with Crippen molar-refractivity contribution in [2.75, 3.05) is 7.05 Å². The van der Waals surface area contributed by atoms with Crippen molar-refractivity contribution >= 4 is 21.1 Å². The molecule has 0 saturated carbocycles. The summed E-state index contributed by atoms with van der Waals surface area (Å²) in [5.74, 6) is 0.678. The molecule has 0 bridgehead atoms. The van der Waals surface area contributed by atoms with E-state index in [1.807, 2.05) is 48.1 Å². The van der Waals surface area contributed by atoms with Gasteiger partial charge in [0.1, 0.15) is 5.82 Å². The number of hydrogen-bond donors (Lipinski definition) is 2. The Kier molecular flexibility index (Phi) is 3.86. The molecule has 8 heteroatoms. The zero-order valence-electron chi connectivity index (χ0n) is 14.3. The molecule has 26 heavy (non-hydrogen) atoms. The van der Waals surface area contributed by atoms with Crippen molar-refractivity contribution in [1.82, 2.24) is 24.2 Å². The lowest BCUT2D eigenvalue weighted by atomic mass is 10.1. The summed E-state index contributed by atoms with van der Waals surface area (Å²) in [6, 6.07) is 12.9. The molecule has 2 heterocycles. The van der Waals surface area contributed by atoms with Crippen LogP contribution >= 0.6 is 0 Å². The van der Waals surface area contributed by atoms with Gasteiger partial charge in [-0.05, 0) is 19.2 Å². The average molecular weight is 367 g/mol. The first-order valence-electron chi connectivity index (χ1n) is 7.99. The van der Waals surface area contributed by atoms with Crippen LogP contribution in [-0.4, -0.2) is 35.0 Å². The number of sulfonamides is 1. The van der Waals surface area contributed by atoms with Crippen LogP contribution in [0.3, 0.4) is 0 Å². The highest BCUT2D eigenvalue weighted by Crippen LogP contribution is 2.31. The molecule has 0 spiro atoms. The summed E-state index contributed by atoms with van der Waals surface area (Å²) in [7, 11) is -0.347. The molecular formula is C18H17N5O2S. The van der Waals surface area contributed by atoms with E-state index in [9.17, 15) is 8.42 Å². The van der Waals surface area contributed by atoms with Gasteiger partial charge in [0.2, 0.25) is 10.0 Å². The second-order valence-electron chi connectivity index (χ2n) is 5.95. The van der Waals surface area contributed by atoms with Crippen LogP contribution in [-0.2, 0) is 17.1 Å². The van der Waals surface area contributed by atoms with Gasteiger partial charge in [0.05, 0.1) is 28.0 Å². The molecule has 4 rings (SSSR count). The van der Waals surface area contributed by atoms with E-state index in [4.69, 9.17) is 4.98 Å². The van der Waals surface area contributed by atoms with Crippen molar-refractivity contribution in [3.63, 3.8) is 0 Å².